The molecule has 0 aliphatic heterocycles. The third kappa shape index (κ3) is 3.99. The van der Waals surface area contributed by atoms with Crippen molar-refractivity contribution in [2.24, 2.45) is 5.73 Å². The van der Waals surface area contributed by atoms with Crippen molar-refractivity contribution in [3.8, 4) is 0 Å². The first-order valence-electron chi connectivity index (χ1n) is 6.02. The van der Waals surface area contributed by atoms with Crippen LogP contribution in [-0.4, -0.2) is 17.3 Å². The summed E-state index contributed by atoms with van der Waals surface area (Å²) in [7, 11) is 0. The SMILES string of the molecule is CCC(N)Cc1cc2ccc(SC)cc2nc1Cl.Cl. The van der Waals surface area contributed by atoms with Gasteiger partial charge in [0.15, 0.2) is 0 Å². The largest absolute Gasteiger partial charge is 0.327 e. The molecule has 0 bridgehead atoms. The first-order valence-corrected chi connectivity index (χ1v) is 7.63. The second-order valence-corrected chi connectivity index (χ2v) is 5.61. The van der Waals surface area contributed by atoms with E-state index in [1.54, 1.807) is 11.8 Å². The van der Waals surface area contributed by atoms with Crippen LogP contribution in [0.4, 0.5) is 0 Å². The van der Waals surface area contributed by atoms with Gasteiger partial charge in [0, 0.05) is 16.3 Å². The second-order valence-electron chi connectivity index (χ2n) is 4.37. The summed E-state index contributed by atoms with van der Waals surface area (Å²) in [5, 5.41) is 1.69. The van der Waals surface area contributed by atoms with Crippen LogP contribution in [0.5, 0.6) is 0 Å². The Morgan fingerprint density at radius 2 is 2.11 bits per heavy atom. The quantitative estimate of drug-likeness (QED) is 0.674. The molecule has 1 aromatic carbocycles. The molecule has 104 valence electrons. The highest BCUT2D eigenvalue weighted by molar-refractivity contribution is 7.98. The van der Waals surface area contributed by atoms with Gasteiger partial charge >= 0.3 is 0 Å². The summed E-state index contributed by atoms with van der Waals surface area (Å²) in [6.07, 6.45) is 3.78. The molecule has 2 rings (SSSR count). The van der Waals surface area contributed by atoms with E-state index in [0.29, 0.717) is 5.15 Å². The molecule has 1 aromatic heterocycles. The lowest BCUT2D eigenvalue weighted by Crippen LogP contribution is -2.21. The Kier molecular flexibility index (Phi) is 6.40. The van der Waals surface area contributed by atoms with E-state index in [9.17, 15) is 0 Å². The molecule has 0 aliphatic rings. The van der Waals surface area contributed by atoms with E-state index >= 15 is 0 Å². The van der Waals surface area contributed by atoms with Crippen molar-refractivity contribution < 1.29 is 0 Å². The number of pyridine rings is 1. The zero-order valence-corrected chi connectivity index (χ0v) is 13.4. The summed E-state index contributed by atoms with van der Waals surface area (Å²) >= 11 is 7.93. The van der Waals surface area contributed by atoms with E-state index < -0.39 is 0 Å². The van der Waals surface area contributed by atoms with Crippen LogP contribution in [0.2, 0.25) is 5.15 Å². The number of thioether (sulfide) groups is 1. The fourth-order valence-corrected chi connectivity index (χ4v) is 2.52. The molecule has 1 heterocycles. The Bertz CT molecular complexity index is 560. The van der Waals surface area contributed by atoms with Crippen LogP contribution in [-0.2, 0) is 6.42 Å². The lowest BCUT2D eigenvalue weighted by Gasteiger charge is -2.11. The molecule has 0 aliphatic carbocycles. The molecule has 2 aromatic rings. The lowest BCUT2D eigenvalue weighted by molar-refractivity contribution is 0.646. The predicted octanol–water partition coefficient (Wildman–Crippen LogP) is 4.31. The summed E-state index contributed by atoms with van der Waals surface area (Å²) in [5.41, 5.74) is 7.96. The molecule has 1 atom stereocenters. The second kappa shape index (κ2) is 7.34. The average Bonchev–Trinajstić information content (AvgIpc) is 2.38. The number of fused-ring (bicyclic) bond motifs is 1. The molecule has 2 nitrogen and oxygen atoms in total. The first-order chi connectivity index (χ1) is 8.63. The van der Waals surface area contributed by atoms with Gasteiger partial charge in [-0.15, -0.1) is 24.2 Å². The topological polar surface area (TPSA) is 38.9 Å². The van der Waals surface area contributed by atoms with Crippen molar-refractivity contribution in [3.63, 3.8) is 0 Å². The van der Waals surface area contributed by atoms with Crippen LogP contribution < -0.4 is 5.73 Å². The van der Waals surface area contributed by atoms with Gasteiger partial charge in [-0.2, -0.15) is 0 Å². The molecule has 0 amide bonds. The van der Waals surface area contributed by atoms with E-state index in [1.165, 1.54) is 4.90 Å². The molecule has 19 heavy (non-hydrogen) atoms. The Morgan fingerprint density at radius 1 is 1.37 bits per heavy atom. The van der Waals surface area contributed by atoms with Gasteiger partial charge < -0.3 is 5.73 Å². The third-order valence-electron chi connectivity index (χ3n) is 3.06. The predicted molar refractivity (Wildman–Crippen MR) is 87.8 cm³/mol. The van der Waals surface area contributed by atoms with Crippen molar-refractivity contribution in [2.75, 3.05) is 6.26 Å². The van der Waals surface area contributed by atoms with E-state index in [1.807, 2.05) is 0 Å². The van der Waals surface area contributed by atoms with Crippen molar-refractivity contribution in [2.45, 2.75) is 30.7 Å². The van der Waals surface area contributed by atoms with Gasteiger partial charge in [-0.05, 0) is 42.9 Å². The van der Waals surface area contributed by atoms with Gasteiger partial charge in [-0.25, -0.2) is 4.98 Å². The van der Waals surface area contributed by atoms with Crippen molar-refractivity contribution in [3.05, 3.63) is 35.0 Å². The zero-order chi connectivity index (χ0) is 13.1. The smallest absolute Gasteiger partial charge is 0.133 e. The minimum atomic E-state index is 0. The van der Waals surface area contributed by atoms with Gasteiger partial charge in [0.25, 0.3) is 0 Å². The lowest BCUT2D eigenvalue weighted by atomic mass is 10.0. The van der Waals surface area contributed by atoms with Gasteiger partial charge in [0.1, 0.15) is 5.15 Å². The highest BCUT2D eigenvalue weighted by atomic mass is 35.5. The Balaban J connectivity index is 0.00000180. The number of hydrogen-bond donors (Lipinski definition) is 1. The Hall–Kier alpha value is -0.480. The van der Waals surface area contributed by atoms with Crippen LogP contribution in [0.1, 0.15) is 18.9 Å². The monoisotopic (exact) mass is 316 g/mol. The fraction of sp³-hybridized carbons (Fsp3) is 0.357. The van der Waals surface area contributed by atoms with Crippen molar-refractivity contribution in [1.29, 1.82) is 0 Å². The molecular formula is C14H18Cl2N2S. The van der Waals surface area contributed by atoms with Gasteiger partial charge in [-0.1, -0.05) is 24.6 Å². The van der Waals surface area contributed by atoms with E-state index in [0.717, 1.165) is 29.3 Å². The van der Waals surface area contributed by atoms with Crippen LogP contribution in [0.25, 0.3) is 10.9 Å². The summed E-state index contributed by atoms with van der Waals surface area (Å²) in [5.74, 6) is 0. The number of rotatable bonds is 4. The zero-order valence-electron chi connectivity index (χ0n) is 11.0. The number of aromatic nitrogens is 1. The summed E-state index contributed by atoms with van der Waals surface area (Å²) in [6.45, 7) is 2.08. The molecule has 0 saturated carbocycles. The van der Waals surface area contributed by atoms with Crippen LogP contribution in [0, 0.1) is 0 Å². The number of benzene rings is 1. The standard InChI is InChI=1S/C14H17ClN2S.ClH/c1-3-11(16)7-10-6-9-4-5-12(18-2)8-13(9)17-14(10)15;/h4-6,8,11H,3,7,16H2,1-2H3;1H. The molecule has 1 unspecified atom stereocenters. The van der Waals surface area contributed by atoms with E-state index in [-0.39, 0.29) is 18.4 Å². The molecular weight excluding hydrogens is 299 g/mol. The maximum Gasteiger partial charge on any atom is 0.133 e. The summed E-state index contributed by atoms with van der Waals surface area (Å²) < 4.78 is 0. The van der Waals surface area contributed by atoms with Crippen LogP contribution in [0.3, 0.4) is 0 Å². The highest BCUT2D eigenvalue weighted by Gasteiger charge is 2.09. The Morgan fingerprint density at radius 3 is 2.74 bits per heavy atom. The first kappa shape index (κ1) is 16.6. The van der Waals surface area contributed by atoms with Crippen molar-refractivity contribution >= 4 is 46.7 Å². The minimum Gasteiger partial charge on any atom is -0.327 e. The molecule has 0 spiro atoms. The normalized spacial score (nSPS) is 12.2. The average molecular weight is 317 g/mol. The summed E-state index contributed by atoms with van der Waals surface area (Å²) in [4.78, 5) is 5.67. The van der Waals surface area contributed by atoms with Gasteiger partial charge in [0.2, 0.25) is 0 Å². The number of hydrogen-bond acceptors (Lipinski definition) is 3. The minimum absolute atomic E-state index is 0. The van der Waals surface area contributed by atoms with Gasteiger partial charge in [-0.3, -0.25) is 0 Å². The fourth-order valence-electron chi connectivity index (χ4n) is 1.86. The number of nitrogens with two attached hydrogens (primary N) is 1. The number of halogens is 2. The van der Waals surface area contributed by atoms with E-state index in [2.05, 4.69) is 42.4 Å². The van der Waals surface area contributed by atoms with Crippen LogP contribution in [0.15, 0.2) is 29.2 Å². The molecule has 2 N–H and O–H groups in total. The molecule has 0 saturated heterocycles. The van der Waals surface area contributed by atoms with E-state index in [4.69, 9.17) is 17.3 Å². The highest BCUT2D eigenvalue weighted by Crippen LogP contribution is 2.25. The Labute approximate surface area is 129 Å². The third-order valence-corrected chi connectivity index (χ3v) is 4.11. The maximum atomic E-state index is 6.23. The summed E-state index contributed by atoms with van der Waals surface area (Å²) in [6, 6.07) is 8.50. The van der Waals surface area contributed by atoms with Crippen LogP contribution >= 0.6 is 35.8 Å². The van der Waals surface area contributed by atoms with Crippen molar-refractivity contribution in [1.82, 2.24) is 4.98 Å². The van der Waals surface area contributed by atoms with Gasteiger partial charge in [0.05, 0.1) is 5.52 Å². The molecule has 0 fully saturated rings. The molecule has 0 radical (unpaired) electrons. The molecule has 5 heteroatoms. The maximum absolute atomic E-state index is 6.23. The number of nitrogens with zero attached hydrogens (tertiary/aromatic N) is 1.